The molecule has 0 heterocycles. The maximum Gasteiger partial charge on any atom is 0.159 e. The fourth-order valence-electron chi connectivity index (χ4n) is 1.83. The van der Waals surface area contributed by atoms with Gasteiger partial charge >= 0.3 is 0 Å². The van der Waals surface area contributed by atoms with Crippen LogP contribution >= 0.6 is 23.1 Å². The van der Waals surface area contributed by atoms with Gasteiger partial charge in [-0.15, -0.1) is 0 Å². The predicted molar refractivity (Wildman–Crippen MR) is 94.6 cm³/mol. The van der Waals surface area contributed by atoms with Crippen molar-refractivity contribution >= 4 is 28.1 Å². The topological polar surface area (TPSA) is 36.9 Å². The van der Waals surface area contributed by atoms with Crippen molar-refractivity contribution in [2.45, 2.75) is 59.8 Å². The molecule has 4 nitrogen and oxygen atoms in total. The van der Waals surface area contributed by atoms with Gasteiger partial charge in [-0.05, 0) is 45.8 Å². The van der Waals surface area contributed by atoms with E-state index in [1.807, 2.05) is 20.8 Å². The van der Waals surface area contributed by atoms with E-state index in [4.69, 9.17) is 29.5 Å². The summed E-state index contributed by atoms with van der Waals surface area (Å²) < 4.78 is 22.8. The monoisotopic (exact) mass is 340 g/mol. The van der Waals surface area contributed by atoms with Crippen LogP contribution in [0, 0.1) is 0 Å². The second kappa shape index (κ2) is 13.8. The number of rotatable bonds is 14. The number of unbranched alkanes of at least 4 members (excludes halogenated alkanes) is 2. The van der Waals surface area contributed by atoms with Crippen LogP contribution in [-0.4, -0.2) is 37.2 Å². The van der Waals surface area contributed by atoms with Crippen LogP contribution in [0.15, 0.2) is 0 Å². The van der Waals surface area contributed by atoms with E-state index in [1.54, 1.807) is 0 Å². The van der Waals surface area contributed by atoms with Crippen molar-refractivity contribution in [2.75, 3.05) is 32.2 Å². The third kappa shape index (κ3) is 10.5. The van der Waals surface area contributed by atoms with Crippen LogP contribution in [0.5, 0.6) is 0 Å². The van der Waals surface area contributed by atoms with Gasteiger partial charge in [-0.3, -0.25) is 12.5 Å². The molecule has 0 aliphatic carbocycles. The summed E-state index contributed by atoms with van der Waals surface area (Å²) in [4.78, 5) is 0. The van der Waals surface area contributed by atoms with Gasteiger partial charge in [0.25, 0.3) is 0 Å². The highest BCUT2D eigenvalue weighted by atomic mass is 32.3. The summed E-state index contributed by atoms with van der Waals surface area (Å²) in [5, 5.41) is 0.716. The van der Waals surface area contributed by atoms with Crippen LogP contribution in [0.4, 0.5) is 0 Å². The zero-order chi connectivity index (χ0) is 16.0. The largest absolute Gasteiger partial charge is 0.487 e. The van der Waals surface area contributed by atoms with E-state index in [9.17, 15) is 0 Å². The quantitative estimate of drug-likeness (QED) is 0.330. The first kappa shape index (κ1) is 21.1. The third-order valence-electron chi connectivity index (χ3n) is 2.68. The van der Waals surface area contributed by atoms with Crippen LogP contribution < -0.4 is 0 Å². The van der Waals surface area contributed by atoms with Crippen molar-refractivity contribution in [3.8, 4) is 0 Å². The van der Waals surface area contributed by atoms with Gasteiger partial charge in [-0.2, -0.15) is 0 Å². The molecule has 0 fully saturated rings. The maximum atomic E-state index is 5.75. The lowest BCUT2D eigenvalue weighted by atomic mass is 10.2. The molecule has 0 aromatic heterocycles. The molecule has 0 rings (SSSR count). The van der Waals surface area contributed by atoms with E-state index in [-0.39, 0.29) is 0 Å². The lowest BCUT2D eigenvalue weighted by molar-refractivity contribution is 0.183. The second-order valence-electron chi connectivity index (χ2n) is 4.51. The first-order valence-electron chi connectivity index (χ1n) is 8.03. The Hall–Kier alpha value is 0.120. The number of thiocarbonyl (C=S) groups is 1. The predicted octanol–water partition coefficient (Wildman–Crippen LogP) is 4.96. The van der Waals surface area contributed by atoms with Crippen LogP contribution in [0.25, 0.3) is 0 Å². The fourth-order valence-corrected chi connectivity index (χ4v) is 4.16. The smallest absolute Gasteiger partial charge is 0.159 e. The van der Waals surface area contributed by atoms with Gasteiger partial charge in [-0.25, -0.2) is 0 Å². The van der Waals surface area contributed by atoms with Crippen LogP contribution in [0.1, 0.15) is 59.8 Å². The Labute approximate surface area is 137 Å². The Morgan fingerprint density at radius 1 is 0.857 bits per heavy atom. The molecule has 128 valence electrons. The summed E-state index contributed by atoms with van der Waals surface area (Å²) in [6.45, 7) is 10.4. The van der Waals surface area contributed by atoms with E-state index >= 15 is 0 Å². The van der Waals surface area contributed by atoms with Gasteiger partial charge in [0.05, 0.1) is 37.3 Å². The SMILES string of the molecule is CCCCCC(=S)OCCCS(OCC)(OCC)OCC. The summed E-state index contributed by atoms with van der Waals surface area (Å²) in [5.41, 5.74) is 0. The molecule has 0 aliphatic rings. The van der Waals surface area contributed by atoms with Crippen molar-refractivity contribution in [3.05, 3.63) is 0 Å². The molecule has 0 amide bonds. The van der Waals surface area contributed by atoms with Crippen molar-refractivity contribution in [2.24, 2.45) is 0 Å². The molecule has 21 heavy (non-hydrogen) atoms. The normalized spacial score (nSPS) is 12.4. The first-order valence-corrected chi connectivity index (χ1v) is 10.0. The summed E-state index contributed by atoms with van der Waals surface area (Å²) in [6.07, 6.45) is 5.22. The standard InChI is InChI=1S/C15H32O4S2/c1-5-9-10-12-15(20)16-13-11-14-21(17-6-2,18-7-3)19-8-4/h5-14H2,1-4H3. The average Bonchev–Trinajstić information content (AvgIpc) is 2.45. The van der Waals surface area contributed by atoms with Crippen molar-refractivity contribution in [1.82, 2.24) is 0 Å². The molecule has 0 aromatic rings. The molecular weight excluding hydrogens is 308 g/mol. The third-order valence-corrected chi connectivity index (χ3v) is 5.57. The van der Waals surface area contributed by atoms with E-state index < -0.39 is 10.9 Å². The van der Waals surface area contributed by atoms with Gasteiger partial charge in [-0.1, -0.05) is 19.8 Å². The molecule has 6 heteroatoms. The molecule has 0 aliphatic heterocycles. The lowest BCUT2D eigenvalue weighted by Crippen LogP contribution is -2.18. The molecule has 0 radical (unpaired) electrons. The second-order valence-corrected chi connectivity index (χ2v) is 7.20. The van der Waals surface area contributed by atoms with Crippen LogP contribution in [0.3, 0.4) is 0 Å². The molecule has 0 aromatic carbocycles. The maximum absolute atomic E-state index is 5.75. The molecule has 0 atom stereocenters. The molecule has 0 bridgehead atoms. The zero-order valence-corrected chi connectivity index (χ0v) is 15.7. The minimum absolute atomic E-state index is 0.589. The lowest BCUT2D eigenvalue weighted by Gasteiger charge is -2.36. The Morgan fingerprint density at radius 2 is 1.43 bits per heavy atom. The minimum atomic E-state index is -1.89. The van der Waals surface area contributed by atoms with E-state index in [0.29, 0.717) is 31.5 Å². The first-order chi connectivity index (χ1) is 10.1. The number of hydrogen-bond donors (Lipinski definition) is 0. The van der Waals surface area contributed by atoms with Gasteiger partial charge in [0.2, 0.25) is 0 Å². The number of hydrogen-bond acceptors (Lipinski definition) is 5. The summed E-state index contributed by atoms with van der Waals surface area (Å²) in [5.74, 6) is 0.722. The van der Waals surface area contributed by atoms with Gasteiger partial charge in [0, 0.05) is 12.2 Å². The summed E-state index contributed by atoms with van der Waals surface area (Å²) >= 11 is 5.22. The highest BCUT2D eigenvalue weighted by molar-refractivity contribution is 8.21. The molecular formula is C15H32O4S2. The number of ether oxygens (including phenoxy) is 1. The molecule has 0 saturated heterocycles. The van der Waals surface area contributed by atoms with E-state index in [1.165, 1.54) is 12.8 Å². The minimum Gasteiger partial charge on any atom is -0.487 e. The Kier molecular flexibility index (Phi) is 13.8. The van der Waals surface area contributed by atoms with Gasteiger partial charge in [0.1, 0.15) is 0 Å². The van der Waals surface area contributed by atoms with Crippen molar-refractivity contribution < 1.29 is 17.3 Å². The van der Waals surface area contributed by atoms with E-state index in [2.05, 4.69) is 6.92 Å². The van der Waals surface area contributed by atoms with Crippen LogP contribution in [-0.2, 0) is 17.3 Å². The van der Waals surface area contributed by atoms with Gasteiger partial charge in [0.15, 0.2) is 5.05 Å². The Morgan fingerprint density at radius 3 is 1.90 bits per heavy atom. The summed E-state index contributed by atoms with van der Waals surface area (Å²) in [6, 6.07) is 0. The summed E-state index contributed by atoms with van der Waals surface area (Å²) in [7, 11) is -1.89. The fraction of sp³-hybridized carbons (Fsp3) is 0.933. The highest BCUT2D eigenvalue weighted by Crippen LogP contribution is 2.51. The van der Waals surface area contributed by atoms with E-state index in [0.717, 1.165) is 25.0 Å². The molecule has 0 spiro atoms. The highest BCUT2D eigenvalue weighted by Gasteiger charge is 2.25. The van der Waals surface area contributed by atoms with Crippen molar-refractivity contribution in [3.63, 3.8) is 0 Å². The average molecular weight is 341 g/mol. The zero-order valence-electron chi connectivity index (χ0n) is 14.0. The molecule has 0 saturated carbocycles. The van der Waals surface area contributed by atoms with Crippen LogP contribution in [0.2, 0.25) is 0 Å². The molecule has 0 unspecified atom stereocenters. The van der Waals surface area contributed by atoms with Crippen molar-refractivity contribution in [1.29, 1.82) is 0 Å². The Bertz CT molecular complexity index is 245. The van der Waals surface area contributed by atoms with Gasteiger partial charge < -0.3 is 4.74 Å². The molecule has 0 N–H and O–H groups in total. The Balaban J connectivity index is 4.03.